The molecule has 0 aliphatic carbocycles. The molecule has 178 valence electrons. The van der Waals surface area contributed by atoms with Crippen molar-refractivity contribution >= 4 is 12.1 Å². The van der Waals surface area contributed by atoms with E-state index in [4.69, 9.17) is 9.47 Å². The molecule has 7 nitrogen and oxygen atoms in total. The van der Waals surface area contributed by atoms with Crippen LogP contribution in [-0.2, 0) is 16.1 Å². The van der Waals surface area contributed by atoms with Crippen LogP contribution in [0.2, 0.25) is 0 Å². The molecule has 7 heteroatoms. The second kappa shape index (κ2) is 10.1. The molecule has 0 radical (unpaired) electrons. The van der Waals surface area contributed by atoms with Crippen LogP contribution in [0.5, 0.6) is 5.75 Å². The van der Waals surface area contributed by atoms with Gasteiger partial charge in [0.1, 0.15) is 11.4 Å². The summed E-state index contributed by atoms with van der Waals surface area (Å²) < 4.78 is 10.7. The van der Waals surface area contributed by atoms with Gasteiger partial charge in [0.15, 0.2) is 0 Å². The van der Waals surface area contributed by atoms with Gasteiger partial charge in [0.25, 0.3) is 0 Å². The van der Waals surface area contributed by atoms with E-state index in [0.29, 0.717) is 19.0 Å². The molecule has 1 aromatic rings. The number of benzene rings is 1. The lowest BCUT2D eigenvalue weighted by atomic mass is 9.70. The molecule has 2 saturated heterocycles. The number of hydrogen-bond donors (Lipinski definition) is 1. The van der Waals surface area contributed by atoms with Gasteiger partial charge in [0, 0.05) is 25.7 Å². The van der Waals surface area contributed by atoms with Crippen molar-refractivity contribution in [2.24, 2.45) is 17.8 Å². The Morgan fingerprint density at radius 3 is 2.22 bits per heavy atom. The number of piperidine rings is 2. The maximum absolute atomic E-state index is 12.4. The first kappa shape index (κ1) is 24.4. The van der Waals surface area contributed by atoms with Crippen molar-refractivity contribution < 1.29 is 24.2 Å². The van der Waals surface area contributed by atoms with Gasteiger partial charge in [0.2, 0.25) is 0 Å². The number of ether oxygens (including phenoxy) is 2. The van der Waals surface area contributed by atoms with Crippen LogP contribution in [0.25, 0.3) is 0 Å². The van der Waals surface area contributed by atoms with Gasteiger partial charge in [-0.3, -0.25) is 9.69 Å². The number of amides is 1. The molecule has 3 rings (SSSR count). The van der Waals surface area contributed by atoms with Gasteiger partial charge < -0.3 is 19.5 Å². The maximum Gasteiger partial charge on any atom is 0.410 e. The molecule has 1 aromatic carbocycles. The molecule has 1 amide bonds. The number of hydrogen-bond acceptors (Lipinski definition) is 5. The first-order valence-electron chi connectivity index (χ1n) is 11.7. The fourth-order valence-corrected chi connectivity index (χ4v) is 5.23. The molecular formula is C25H38N2O5. The number of carboxylic acid groups (broad SMARTS) is 1. The number of carboxylic acids is 1. The molecular weight excluding hydrogens is 408 g/mol. The van der Waals surface area contributed by atoms with E-state index in [1.165, 1.54) is 0 Å². The number of carbonyl (C=O) groups excluding carboxylic acids is 1. The standard InChI is InChI=1S/C25H38N2O5/c1-17-22(23(28)29)21(12-15-27(17)16-18-6-8-20(31-5)9-7-18)19-10-13-26(14-11-19)24(30)32-25(2,3)4/h6-9,17,19,21-22H,10-16H2,1-5H3,(H,28,29). The lowest BCUT2D eigenvalue weighted by Crippen LogP contribution is -2.53. The van der Waals surface area contributed by atoms with Crippen LogP contribution in [0.15, 0.2) is 24.3 Å². The predicted molar refractivity (Wildman–Crippen MR) is 123 cm³/mol. The number of nitrogens with zero attached hydrogens (tertiary/aromatic N) is 2. The van der Waals surface area contributed by atoms with Crippen molar-refractivity contribution in [2.75, 3.05) is 26.7 Å². The van der Waals surface area contributed by atoms with Crippen LogP contribution < -0.4 is 4.74 Å². The summed E-state index contributed by atoms with van der Waals surface area (Å²) in [5.41, 5.74) is 0.653. The Hall–Kier alpha value is -2.28. The van der Waals surface area contributed by atoms with Crippen LogP contribution in [0.1, 0.15) is 52.5 Å². The van der Waals surface area contributed by atoms with Crippen molar-refractivity contribution in [3.63, 3.8) is 0 Å². The zero-order chi connectivity index (χ0) is 23.5. The van der Waals surface area contributed by atoms with Crippen LogP contribution in [0.4, 0.5) is 4.79 Å². The summed E-state index contributed by atoms with van der Waals surface area (Å²) in [5, 5.41) is 10.1. The average molecular weight is 447 g/mol. The Morgan fingerprint density at radius 2 is 1.69 bits per heavy atom. The van der Waals surface area contributed by atoms with Crippen LogP contribution in [0.3, 0.4) is 0 Å². The van der Waals surface area contributed by atoms with Crippen molar-refractivity contribution in [3.05, 3.63) is 29.8 Å². The summed E-state index contributed by atoms with van der Waals surface area (Å²) in [7, 11) is 1.65. The molecule has 3 unspecified atom stereocenters. The molecule has 2 heterocycles. The minimum Gasteiger partial charge on any atom is -0.497 e. The van der Waals surface area contributed by atoms with Crippen molar-refractivity contribution in [3.8, 4) is 5.75 Å². The molecule has 0 saturated carbocycles. The van der Waals surface area contributed by atoms with Crippen LogP contribution >= 0.6 is 0 Å². The highest BCUT2D eigenvalue weighted by Gasteiger charge is 2.44. The van der Waals surface area contributed by atoms with Gasteiger partial charge >= 0.3 is 12.1 Å². The molecule has 2 fully saturated rings. The van der Waals surface area contributed by atoms with E-state index in [9.17, 15) is 14.7 Å². The van der Waals surface area contributed by atoms with Gasteiger partial charge in [-0.15, -0.1) is 0 Å². The summed E-state index contributed by atoms with van der Waals surface area (Å²) in [4.78, 5) is 28.7. The largest absolute Gasteiger partial charge is 0.497 e. The van der Waals surface area contributed by atoms with E-state index in [1.807, 2.05) is 52.0 Å². The average Bonchev–Trinajstić information content (AvgIpc) is 2.74. The molecule has 0 aromatic heterocycles. The predicted octanol–water partition coefficient (Wildman–Crippen LogP) is 4.25. The van der Waals surface area contributed by atoms with E-state index in [0.717, 1.165) is 43.7 Å². The lowest BCUT2D eigenvalue weighted by Gasteiger charge is -2.46. The second-order valence-electron chi connectivity index (χ2n) is 10.2. The van der Waals surface area contributed by atoms with Crippen molar-refractivity contribution in [1.82, 2.24) is 9.80 Å². The summed E-state index contributed by atoms with van der Waals surface area (Å²) in [6.45, 7) is 10.5. The molecule has 2 aliphatic rings. The fraction of sp³-hybridized carbons (Fsp3) is 0.680. The third-order valence-corrected chi connectivity index (χ3v) is 6.93. The van der Waals surface area contributed by atoms with Gasteiger partial charge in [-0.1, -0.05) is 12.1 Å². The fourth-order valence-electron chi connectivity index (χ4n) is 5.23. The zero-order valence-electron chi connectivity index (χ0n) is 20.0. The van der Waals surface area contributed by atoms with Gasteiger partial charge in [0.05, 0.1) is 13.0 Å². The van der Waals surface area contributed by atoms with E-state index < -0.39 is 17.5 Å². The summed E-state index contributed by atoms with van der Waals surface area (Å²) in [6.07, 6.45) is 2.26. The first-order chi connectivity index (χ1) is 15.1. The highest BCUT2D eigenvalue weighted by molar-refractivity contribution is 5.71. The molecule has 0 spiro atoms. The van der Waals surface area contributed by atoms with Gasteiger partial charge in [-0.2, -0.15) is 0 Å². The molecule has 3 atom stereocenters. The Morgan fingerprint density at radius 1 is 1.06 bits per heavy atom. The normalized spacial score (nSPS) is 25.4. The SMILES string of the molecule is COc1ccc(CN2CCC(C3CCN(C(=O)OC(C)(C)C)CC3)C(C(=O)O)C2C)cc1. The zero-order valence-corrected chi connectivity index (χ0v) is 20.0. The molecule has 1 N–H and O–H groups in total. The third kappa shape index (κ3) is 5.94. The summed E-state index contributed by atoms with van der Waals surface area (Å²) >= 11 is 0. The smallest absolute Gasteiger partial charge is 0.410 e. The highest BCUT2D eigenvalue weighted by atomic mass is 16.6. The van der Waals surface area contributed by atoms with E-state index in [1.54, 1.807) is 12.0 Å². The van der Waals surface area contributed by atoms with Crippen molar-refractivity contribution in [2.45, 2.75) is 65.1 Å². The topological polar surface area (TPSA) is 79.3 Å². The lowest BCUT2D eigenvalue weighted by molar-refractivity contribution is -0.151. The molecule has 2 aliphatic heterocycles. The first-order valence-corrected chi connectivity index (χ1v) is 11.7. The van der Waals surface area contributed by atoms with Gasteiger partial charge in [-0.25, -0.2) is 4.79 Å². The minimum absolute atomic E-state index is 0.0442. The van der Waals surface area contributed by atoms with Crippen molar-refractivity contribution in [1.29, 1.82) is 0 Å². The third-order valence-electron chi connectivity index (χ3n) is 6.93. The van der Waals surface area contributed by atoms with Gasteiger partial charge in [-0.05, 0) is 83.0 Å². The number of carbonyl (C=O) groups is 2. The minimum atomic E-state index is -0.712. The molecule has 32 heavy (non-hydrogen) atoms. The van der Waals surface area contributed by atoms with E-state index in [2.05, 4.69) is 4.90 Å². The second-order valence-corrected chi connectivity index (χ2v) is 10.2. The monoisotopic (exact) mass is 446 g/mol. The van der Waals surface area contributed by atoms with Crippen LogP contribution in [0, 0.1) is 17.8 Å². The summed E-state index contributed by atoms with van der Waals surface area (Å²) in [6, 6.07) is 7.93. The Balaban J connectivity index is 1.61. The Labute approximate surface area is 191 Å². The number of likely N-dealkylation sites (tertiary alicyclic amines) is 2. The van der Waals surface area contributed by atoms with E-state index in [-0.39, 0.29) is 18.1 Å². The Bertz CT molecular complexity index is 781. The summed E-state index contributed by atoms with van der Waals surface area (Å²) in [5.74, 6) is 0.161. The number of rotatable bonds is 5. The number of aliphatic carboxylic acids is 1. The van der Waals surface area contributed by atoms with Crippen LogP contribution in [-0.4, -0.2) is 65.4 Å². The maximum atomic E-state index is 12.4. The Kier molecular flexibility index (Phi) is 7.70. The molecule has 0 bridgehead atoms. The quantitative estimate of drug-likeness (QED) is 0.728. The highest BCUT2D eigenvalue weighted by Crippen LogP contribution is 2.39. The number of methoxy groups -OCH3 is 1. The van der Waals surface area contributed by atoms with E-state index >= 15 is 0 Å².